The van der Waals surface area contributed by atoms with Crippen molar-refractivity contribution >= 4 is 16.6 Å². The van der Waals surface area contributed by atoms with Gasteiger partial charge >= 0.3 is 10.4 Å². The Labute approximate surface area is 151 Å². The predicted octanol–water partition coefficient (Wildman–Crippen LogP) is 3.61. The normalized spacial score (nSPS) is 15.5. The molecule has 1 atom stereocenters. The fourth-order valence-electron chi connectivity index (χ4n) is 3.31. The molecule has 0 fully saturated rings. The molecule has 0 bridgehead atoms. The molecule has 1 aliphatic rings. The van der Waals surface area contributed by atoms with Crippen molar-refractivity contribution in [1.29, 1.82) is 0 Å². The molecular formula is C19H30NO4S+. The summed E-state index contributed by atoms with van der Waals surface area (Å²) in [6.07, 6.45) is 9.93. The minimum absolute atomic E-state index is 0.475. The van der Waals surface area contributed by atoms with Gasteiger partial charge < -0.3 is 0 Å². The third-order valence-corrected chi connectivity index (χ3v) is 5.14. The van der Waals surface area contributed by atoms with Gasteiger partial charge in [-0.15, -0.1) is 0 Å². The van der Waals surface area contributed by atoms with Gasteiger partial charge in [-0.1, -0.05) is 63.6 Å². The van der Waals surface area contributed by atoms with E-state index in [9.17, 15) is 8.42 Å². The van der Waals surface area contributed by atoms with E-state index in [1.165, 1.54) is 30.4 Å². The third-order valence-electron chi connectivity index (χ3n) is 4.62. The van der Waals surface area contributed by atoms with Crippen LogP contribution in [0, 0.1) is 0 Å². The molecule has 0 saturated heterocycles. The van der Waals surface area contributed by atoms with Gasteiger partial charge in [0.15, 0.2) is 12.8 Å². The van der Waals surface area contributed by atoms with E-state index < -0.39 is 16.5 Å². The Hall–Kier alpha value is -1.24. The maximum Gasteiger partial charge on any atom is 0.397 e. The molecule has 1 aromatic rings. The zero-order valence-electron chi connectivity index (χ0n) is 15.1. The summed E-state index contributed by atoms with van der Waals surface area (Å²) >= 11 is 0. The fraction of sp³-hybridized carbons (Fsp3) is 0.632. The minimum Gasteiger partial charge on any atom is -0.264 e. The highest BCUT2D eigenvalue weighted by atomic mass is 32.3. The summed E-state index contributed by atoms with van der Waals surface area (Å²) in [5, 5.41) is 0. The van der Waals surface area contributed by atoms with E-state index in [2.05, 4.69) is 29.8 Å². The number of nitrogens with zero attached hydrogens (tertiary/aromatic N) is 1. The molecule has 25 heavy (non-hydrogen) atoms. The second-order valence-electron chi connectivity index (χ2n) is 6.78. The minimum atomic E-state index is -4.43. The van der Waals surface area contributed by atoms with Crippen LogP contribution in [0.1, 0.15) is 63.0 Å². The first-order valence-electron chi connectivity index (χ1n) is 9.30. The van der Waals surface area contributed by atoms with Crippen LogP contribution in [-0.4, -0.2) is 43.0 Å². The van der Waals surface area contributed by atoms with Gasteiger partial charge in [0.2, 0.25) is 0 Å². The second kappa shape index (κ2) is 10.0. The number of hydrogen-bond acceptors (Lipinski definition) is 3. The summed E-state index contributed by atoms with van der Waals surface area (Å²) in [6.45, 7) is 3.49. The maximum absolute atomic E-state index is 11.2. The van der Waals surface area contributed by atoms with Crippen LogP contribution in [0.2, 0.25) is 0 Å². The van der Waals surface area contributed by atoms with E-state index in [1.807, 2.05) is 12.1 Å². The second-order valence-corrected chi connectivity index (χ2v) is 7.82. The van der Waals surface area contributed by atoms with Crippen LogP contribution < -0.4 is 0 Å². The average Bonchev–Trinajstić information content (AvgIpc) is 2.56. The van der Waals surface area contributed by atoms with Gasteiger partial charge in [-0.25, -0.2) is 8.76 Å². The largest absolute Gasteiger partial charge is 0.397 e. The van der Waals surface area contributed by atoms with E-state index in [-0.39, 0.29) is 0 Å². The molecule has 0 radical (unpaired) electrons. The SMILES string of the molecule is CCCCCCCCC(C[N+]1=Cc2ccccc2CC1)OS(=O)(=O)O. The third kappa shape index (κ3) is 7.67. The van der Waals surface area contributed by atoms with Crippen LogP contribution in [0.5, 0.6) is 0 Å². The molecule has 1 unspecified atom stereocenters. The van der Waals surface area contributed by atoms with Crippen molar-refractivity contribution in [1.82, 2.24) is 0 Å². The summed E-state index contributed by atoms with van der Waals surface area (Å²) in [6, 6.07) is 8.21. The fourth-order valence-corrected chi connectivity index (χ4v) is 3.81. The zero-order valence-corrected chi connectivity index (χ0v) is 15.9. The van der Waals surface area contributed by atoms with Gasteiger partial charge in [0.25, 0.3) is 0 Å². The molecule has 0 spiro atoms. The van der Waals surface area contributed by atoms with E-state index in [4.69, 9.17) is 8.74 Å². The molecule has 5 nitrogen and oxygen atoms in total. The molecular weight excluding hydrogens is 338 g/mol. The lowest BCUT2D eigenvalue weighted by atomic mass is 10.0. The molecule has 0 amide bonds. The standard InChI is InChI=1S/C19H29NO4S/c1-2-3-4-5-6-7-12-19(24-25(21,22)23)16-20-14-13-17-10-8-9-11-18(17)15-20/h8-11,15,19H,2-7,12-14,16H2,1H3/p+1. The monoisotopic (exact) mass is 368 g/mol. The number of benzene rings is 1. The Balaban J connectivity index is 1.91. The number of fused-ring (bicyclic) bond motifs is 1. The predicted molar refractivity (Wildman–Crippen MR) is 99.7 cm³/mol. The number of hydrogen-bond donors (Lipinski definition) is 1. The highest BCUT2D eigenvalue weighted by Crippen LogP contribution is 2.15. The Bertz CT molecular complexity index is 670. The first-order valence-corrected chi connectivity index (χ1v) is 10.7. The van der Waals surface area contributed by atoms with E-state index in [0.29, 0.717) is 13.0 Å². The summed E-state index contributed by atoms with van der Waals surface area (Å²) in [5.41, 5.74) is 2.47. The van der Waals surface area contributed by atoms with Crippen molar-refractivity contribution in [3.8, 4) is 0 Å². The van der Waals surface area contributed by atoms with Crippen LogP contribution in [0.15, 0.2) is 24.3 Å². The molecule has 140 valence electrons. The first-order chi connectivity index (χ1) is 12.0. The lowest BCUT2D eigenvalue weighted by Gasteiger charge is -2.17. The summed E-state index contributed by atoms with van der Waals surface area (Å²) in [4.78, 5) is 0. The lowest BCUT2D eigenvalue weighted by Crippen LogP contribution is -2.33. The first kappa shape index (κ1) is 20.1. The summed E-state index contributed by atoms with van der Waals surface area (Å²) < 4.78 is 38.4. The highest BCUT2D eigenvalue weighted by molar-refractivity contribution is 7.80. The number of rotatable bonds is 11. The topological polar surface area (TPSA) is 66.6 Å². The smallest absolute Gasteiger partial charge is 0.264 e. The van der Waals surface area contributed by atoms with Crippen LogP contribution in [-0.2, 0) is 21.0 Å². The van der Waals surface area contributed by atoms with Gasteiger partial charge in [0.1, 0.15) is 12.6 Å². The van der Waals surface area contributed by atoms with E-state index >= 15 is 0 Å². The van der Waals surface area contributed by atoms with Crippen LogP contribution in [0.4, 0.5) is 0 Å². The molecule has 1 aliphatic heterocycles. The Kier molecular flexibility index (Phi) is 8.06. The molecule has 1 aromatic carbocycles. The summed E-state index contributed by atoms with van der Waals surface area (Å²) in [5.74, 6) is 0. The van der Waals surface area contributed by atoms with Crippen molar-refractivity contribution in [3.63, 3.8) is 0 Å². The average molecular weight is 369 g/mol. The van der Waals surface area contributed by atoms with Crippen molar-refractivity contribution in [2.24, 2.45) is 0 Å². The molecule has 0 aromatic heterocycles. The maximum atomic E-state index is 11.2. The molecule has 0 saturated carbocycles. The van der Waals surface area contributed by atoms with Gasteiger partial charge in [-0.05, 0) is 18.1 Å². The lowest BCUT2D eigenvalue weighted by molar-refractivity contribution is -0.531. The van der Waals surface area contributed by atoms with Crippen molar-refractivity contribution in [2.75, 3.05) is 13.1 Å². The quantitative estimate of drug-likeness (QED) is 0.368. The van der Waals surface area contributed by atoms with Crippen LogP contribution in [0.3, 0.4) is 0 Å². The molecule has 1 N–H and O–H groups in total. The van der Waals surface area contributed by atoms with Gasteiger partial charge in [-0.2, -0.15) is 8.42 Å². The van der Waals surface area contributed by atoms with Crippen molar-refractivity contribution in [3.05, 3.63) is 35.4 Å². The van der Waals surface area contributed by atoms with Gasteiger partial charge in [0.05, 0.1) is 0 Å². The van der Waals surface area contributed by atoms with Crippen molar-refractivity contribution in [2.45, 2.75) is 64.4 Å². The highest BCUT2D eigenvalue weighted by Gasteiger charge is 2.24. The Morgan fingerprint density at radius 1 is 1.16 bits per heavy atom. The van der Waals surface area contributed by atoms with Crippen LogP contribution >= 0.6 is 0 Å². The van der Waals surface area contributed by atoms with Crippen molar-refractivity contribution < 1.29 is 21.7 Å². The van der Waals surface area contributed by atoms with E-state index in [1.54, 1.807) is 0 Å². The zero-order chi connectivity index (χ0) is 18.1. The summed E-state index contributed by atoms with van der Waals surface area (Å²) in [7, 11) is -4.43. The van der Waals surface area contributed by atoms with E-state index in [0.717, 1.165) is 32.2 Å². The van der Waals surface area contributed by atoms with Gasteiger partial charge in [-0.3, -0.25) is 4.55 Å². The molecule has 6 heteroatoms. The Morgan fingerprint density at radius 2 is 1.88 bits per heavy atom. The van der Waals surface area contributed by atoms with Gasteiger partial charge in [0, 0.05) is 12.0 Å². The van der Waals surface area contributed by atoms with Crippen LogP contribution in [0.25, 0.3) is 0 Å². The Morgan fingerprint density at radius 3 is 2.64 bits per heavy atom. The molecule has 1 heterocycles. The molecule has 0 aliphatic carbocycles. The molecule has 2 rings (SSSR count). The number of unbranched alkanes of at least 4 members (excludes halogenated alkanes) is 5.